The van der Waals surface area contributed by atoms with Crippen LogP contribution in [-0.2, 0) is 4.79 Å². The molecule has 7 heteroatoms. The molecule has 0 bridgehead atoms. The number of benzene rings is 3. The first-order chi connectivity index (χ1) is 17.9. The van der Waals surface area contributed by atoms with Crippen molar-refractivity contribution in [3.05, 3.63) is 94.8 Å². The van der Waals surface area contributed by atoms with Crippen LogP contribution in [0.15, 0.2) is 72.5 Å². The normalized spacial score (nSPS) is 16.9. The third kappa shape index (κ3) is 4.68. The molecule has 0 N–H and O–H groups in total. The molecule has 0 aromatic heterocycles. The molecule has 2 aliphatic heterocycles. The van der Waals surface area contributed by atoms with Crippen molar-refractivity contribution in [3.63, 3.8) is 0 Å². The molecular weight excluding hydrogens is 472 g/mol. The lowest BCUT2D eigenvalue weighted by Crippen LogP contribution is -2.21. The van der Waals surface area contributed by atoms with Crippen molar-refractivity contribution < 1.29 is 33.3 Å². The van der Waals surface area contributed by atoms with Gasteiger partial charge in [-0.1, -0.05) is 24.8 Å². The lowest BCUT2D eigenvalue weighted by molar-refractivity contribution is -0.135. The Balaban J connectivity index is 1.55. The average molecular weight is 499 g/mol. The minimum Gasteiger partial charge on any atom is -0.497 e. The number of fused-ring (bicyclic) bond motifs is 3. The number of carbonyl (C=O) groups is 2. The second-order valence-electron chi connectivity index (χ2n) is 8.95. The van der Waals surface area contributed by atoms with E-state index in [9.17, 15) is 9.59 Å². The first kappa shape index (κ1) is 24.2. The molecule has 5 rings (SSSR count). The first-order valence-electron chi connectivity index (χ1n) is 11.8. The van der Waals surface area contributed by atoms with Gasteiger partial charge in [0.05, 0.1) is 26.2 Å². The summed E-state index contributed by atoms with van der Waals surface area (Å²) in [6.45, 7) is 6.09. The molecule has 3 aromatic carbocycles. The maximum absolute atomic E-state index is 13.2. The highest BCUT2D eigenvalue weighted by atomic mass is 16.5. The van der Waals surface area contributed by atoms with Crippen LogP contribution in [0.5, 0.6) is 28.7 Å². The highest BCUT2D eigenvalue weighted by Gasteiger charge is 2.38. The van der Waals surface area contributed by atoms with Gasteiger partial charge < -0.3 is 23.7 Å². The van der Waals surface area contributed by atoms with E-state index in [1.165, 1.54) is 0 Å². The number of hydrogen-bond donors (Lipinski definition) is 0. The van der Waals surface area contributed by atoms with Gasteiger partial charge in [-0.05, 0) is 66.1 Å². The fourth-order valence-electron chi connectivity index (χ4n) is 4.47. The molecule has 0 aliphatic carbocycles. The van der Waals surface area contributed by atoms with E-state index in [0.717, 1.165) is 16.7 Å². The fraction of sp³-hybridized carbons (Fsp3) is 0.200. The molecule has 0 spiro atoms. The van der Waals surface area contributed by atoms with Crippen molar-refractivity contribution in [1.29, 1.82) is 0 Å². The smallest absolute Gasteiger partial charge is 0.312 e. The van der Waals surface area contributed by atoms with E-state index in [4.69, 9.17) is 23.7 Å². The van der Waals surface area contributed by atoms with Gasteiger partial charge in [0.2, 0.25) is 5.78 Å². The van der Waals surface area contributed by atoms with E-state index in [2.05, 4.69) is 6.58 Å². The molecule has 2 heterocycles. The molecule has 7 nitrogen and oxygen atoms in total. The number of rotatable bonds is 7. The third-order valence-electron chi connectivity index (χ3n) is 6.26. The van der Waals surface area contributed by atoms with E-state index in [-0.39, 0.29) is 23.9 Å². The van der Waals surface area contributed by atoms with Crippen molar-refractivity contribution in [2.24, 2.45) is 0 Å². The number of Topliss-reactive ketones (excluding diaryl/α,β-unsaturated/α-hetero) is 1. The summed E-state index contributed by atoms with van der Waals surface area (Å²) in [5.41, 5.74) is 3.55. The summed E-state index contributed by atoms with van der Waals surface area (Å²) >= 11 is 0. The molecule has 37 heavy (non-hydrogen) atoms. The van der Waals surface area contributed by atoms with E-state index < -0.39 is 5.92 Å². The van der Waals surface area contributed by atoms with Gasteiger partial charge in [-0.15, -0.1) is 0 Å². The quantitative estimate of drug-likeness (QED) is 0.178. The van der Waals surface area contributed by atoms with E-state index in [1.54, 1.807) is 38.5 Å². The summed E-state index contributed by atoms with van der Waals surface area (Å²) in [6, 6.07) is 16.1. The van der Waals surface area contributed by atoms with Crippen molar-refractivity contribution in [2.45, 2.75) is 19.3 Å². The van der Waals surface area contributed by atoms with Gasteiger partial charge >= 0.3 is 5.97 Å². The fourth-order valence-corrected chi connectivity index (χ4v) is 4.47. The van der Waals surface area contributed by atoms with Gasteiger partial charge in [-0.3, -0.25) is 9.59 Å². The number of methoxy groups -OCH3 is 2. The average Bonchev–Trinajstić information content (AvgIpc) is 3.22. The SMILES string of the molecule is C=C(C)COc1cc([C@H]2CC(=O)Oc3ccc4c(c32)O/C(=C\c2ccc(OC)cc2)C4=O)ccc1OC. The van der Waals surface area contributed by atoms with Crippen molar-refractivity contribution in [3.8, 4) is 28.7 Å². The number of ketones is 1. The zero-order valence-electron chi connectivity index (χ0n) is 20.8. The van der Waals surface area contributed by atoms with E-state index in [1.807, 2.05) is 43.3 Å². The number of hydrogen-bond acceptors (Lipinski definition) is 7. The number of carbonyl (C=O) groups excluding carboxylic acids is 2. The Morgan fingerprint density at radius 1 is 1.00 bits per heavy atom. The molecule has 0 saturated carbocycles. The van der Waals surface area contributed by atoms with Gasteiger partial charge in [-0.2, -0.15) is 0 Å². The summed E-state index contributed by atoms with van der Waals surface area (Å²) in [6.07, 6.45) is 1.78. The molecule has 1 atom stereocenters. The Kier molecular flexibility index (Phi) is 6.44. The third-order valence-corrected chi connectivity index (χ3v) is 6.26. The number of ether oxygens (including phenoxy) is 5. The molecule has 0 fully saturated rings. The minimum atomic E-state index is -0.405. The Morgan fingerprint density at radius 2 is 1.78 bits per heavy atom. The highest BCUT2D eigenvalue weighted by Crippen LogP contribution is 2.49. The van der Waals surface area contributed by atoms with Crippen LogP contribution in [0.4, 0.5) is 0 Å². The van der Waals surface area contributed by atoms with Crippen LogP contribution in [0.25, 0.3) is 6.08 Å². The Hall–Kier alpha value is -4.52. The Morgan fingerprint density at radius 3 is 2.49 bits per heavy atom. The lowest BCUT2D eigenvalue weighted by Gasteiger charge is -2.27. The van der Waals surface area contributed by atoms with Crippen molar-refractivity contribution >= 4 is 17.8 Å². The molecule has 0 radical (unpaired) electrons. The zero-order valence-corrected chi connectivity index (χ0v) is 20.8. The summed E-state index contributed by atoms with van der Waals surface area (Å²) in [4.78, 5) is 25.8. The second-order valence-corrected chi connectivity index (χ2v) is 8.95. The van der Waals surface area contributed by atoms with Crippen LogP contribution in [-0.4, -0.2) is 32.6 Å². The van der Waals surface area contributed by atoms with Crippen LogP contribution in [0.3, 0.4) is 0 Å². The molecule has 0 amide bonds. The monoisotopic (exact) mass is 498 g/mol. The predicted octanol–water partition coefficient (Wildman–Crippen LogP) is 5.72. The summed E-state index contributed by atoms with van der Waals surface area (Å²) in [5, 5.41) is 0. The zero-order chi connectivity index (χ0) is 26.1. The molecule has 0 saturated heterocycles. The van der Waals surface area contributed by atoms with E-state index in [0.29, 0.717) is 46.5 Å². The lowest BCUT2D eigenvalue weighted by atomic mass is 9.84. The Bertz CT molecular complexity index is 1430. The van der Waals surface area contributed by atoms with Gasteiger partial charge in [0.25, 0.3) is 0 Å². The van der Waals surface area contributed by atoms with Gasteiger partial charge in [0, 0.05) is 11.5 Å². The molecule has 3 aromatic rings. The summed E-state index contributed by atoms with van der Waals surface area (Å²) in [5.74, 6) is 1.79. The van der Waals surface area contributed by atoms with E-state index >= 15 is 0 Å². The molecule has 188 valence electrons. The molecular formula is C30H26O7. The van der Waals surface area contributed by atoms with Crippen LogP contribution in [0.1, 0.15) is 46.3 Å². The maximum Gasteiger partial charge on any atom is 0.312 e. The van der Waals surface area contributed by atoms with Gasteiger partial charge in [-0.25, -0.2) is 0 Å². The van der Waals surface area contributed by atoms with Crippen LogP contribution < -0.4 is 23.7 Å². The number of allylic oxidation sites excluding steroid dienone is 1. The molecule has 2 aliphatic rings. The topological polar surface area (TPSA) is 80.3 Å². The van der Waals surface area contributed by atoms with Crippen molar-refractivity contribution in [1.82, 2.24) is 0 Å². The first-order valence-corrected chi connectivity index (χ1v) is 11.8. The van der Waals surface area contributed by atoms with Gasteiger partial charge in [0.15, 0.2) is 17.3 Å². The van der Waals surface area contributed by atoms with Crippen LogP contribution >= 0.6 is 0 Å². The van der Waals surface area contributed by atoms with Crippen LogP contribution in [0.2, 0.25) is 0 Å². The maximum atomic E-state index is 13.2. The van der Waals surface area contributed by atoms with Gasteiger partial charge in [0.1, 0.15) is 23.9 Å². The van der Waals surface area contributed by atoms with Crippen LogP contribution in [0, 0.1) is 0 Å². The largest absolute Gasteiger partial charge is 0.497 e. The number of esters is 1. The molecule has 0 unspecified atom stereocenters. The Labute approximate surface area is 214 Å². The minimum absolute atomic E-state index is 0.0881. The standard InChI is InChI=1S/C30H26O7/c1-17(2)16-35-25-14-19(7-11-23(25)34-4)22-15-27(31)36-24-12-10-21-29(32)26(37-30(21)28(22)24)13-18-5-8-20(33-3)9-6-18/h5-14,22H,1,15-16H2,2-4H3/b26-13-/t22-/m1/s1. The summed E-state index contributed by atoms with van der Waals surface area (Å²) < 4.78 is 28.2. The highest BCUT2D eigenvalue weighted by molar-refractivity contribution is 6.15. The summed E-state index contributed by atoms with van der Waals surface area (Å²) in [7, 11) is 3.16. The predicted molar refractivity (Wildman–Crippen MR) is 138 cm³/mol. The van der Waals surface area contributed by atoms with Crippen molar-refractivity contribution in [2.75, 3.05) is 20.8 Å². The second kappa shape index (κ2) is 9.85.